The van der Waals surface area contributed by atoms with Crippen LogP contribution in [-0.2, 0) is 20.3 Å². The molecule has 0 aliphatic heterocycles. The second-order valence-corrected chi connectivity index (χ2v) is 7.60. The standard InChI is InChI=1S/C17H21O7P/c1-3-23-25(22,24-4-2)16(17(20)21)10-14-13-9-12(18)7-5-11(13)6-8-15(14)19/h5-9,16,18-19H,3-4,10H2,1-2H3,(H,20,21)/p-1. The van der Waals surface area contributed by atoms with Crippen LogP contribution in [-0.4, -0.2) is 35.1 Å². The van der Waals surface area contributed by atoms with E-state index < -0.39 is 25.3 Å². The summed E-state index contributed by atoms with van der Waals surface area (Å²) in [4.78, 5) is 24.6. The van der Waals surface area contributed by atoms with Crippen LogP contribution in [0.15, 0.2) is 30.3 Å². The molecule has 25 heavy (non-hydrogen) atoms. The number of hydrogen-bond acceptors (Lipinski definition) is 6. The third-order valence-electron chi connectivity index (χ3n) is 3.76. The van der Waals surface area contributed by atoms with Crippen LogP contribution in [0.2, 0.25) is 0 Å². The van der Waals surface area contributed by atoms with Gasteiger partial charge in [-0.2, -0.15) is 0 Å². The molecule has 2 aromatic rings. The molecule has 0 bridgehead atoms. The van der Waals surface area contributed by atoms with Gasteiger partial charge in [0.1, 0.15) is 5.75 Å². The number of aromatic hydroxyl groups is 1. The predicted molar refractivity (Wildman–Crippen MR) is 90.4 cm³/mol. The fourth-order valence-electron chi connectivity index (χ4n) is 2.67. The minimum Gasteiger partial charge on any atom is -0.872 e. The van der Waals surface area contributed by atoms with Crippen molar-refractivity contribution in [2.24, 2.45) is 0 Å². The first-order valence-electron chi connectivity index (χ1n) is 7.85. The average molecular weight is 367 g/mol. The molecule has 0 aliphatic rings. The second kappa shape index (κ2) is 7.97. The Morgan fingerprint density at radius 3 is 2.36 bits per heavy atom. The molecule has 2 N–H and O–H groups in total. The summed E-state index contributed by atoms with van der Waals surface area (Å²) in [5.41, 5.74) is -1.37. The molecule has 1 atom stereocenters. The summed E-state index contributed by atoms with van der Waals surface area (Å²) in [6.07, 6.45) is -0.327. The van der Waals surface area contributed by atoms with Gasteiger partial charge in [-0.3, -0.25) is 0 Å². The first-order valence-corrected chi connectivity index (χ1v) is 9.46. The molecule has 0 aromatic heterocycles. The molecule has 0 fully saturated rings. The molecule has 2 aromatic carbocycles. The van der Waals surface area contributed by atoms with E-state index >= 15 is 0 Å². The highest BCUT2D eigenvalue weighted by atomic mass is 31.2. The van der Waals surface area contributed by atoms with E-state index in [0.717, 1.165) is 0 Å². The third-order valence-corrected chi connectivity index (χ3v) is 6.16. The maximum absolute atomic E-state index is 12.9. The van der Waals surface area contributed by atoms with Gasteiger partial charge in [-0.1, -0.05) is 18.2 Å². The van der Waals surface area contributed by atoms with E-state index in [1.54, 1.807) is 26.0 Å². The zero-order chi connectivity index (χ0) is 18.6. The van der Waals surface area contributed by atoms with Gasteiger partial charge < -0.3 is 20.2 Å². The number of benzene rings is 2. The van der Waals surface area contributed by atoms with Crippen molar-refractivity contribution < 1.29 is 34.1 Å². The van der Waals surface area contributed by atoms with Crippen LogP contribution in [0.1, 0.15) is 19.4 Å². The van der Waals surface area contributed by atoms with E-state index in [-0.39, 0.29) is 30.9 Å². The highest BCUT2D eigenvalue weighted by molar-refractivity contribution is 7.61. The molecule has 0 amide bonds. The minimum absolute atomic E-state index is 0.0155. The molecule has 7 nitrogen and oxygen atoms in total. The van der Waals surface area contributed by atoms with Gasteiger partial charge in [-0.15, -0.1) is 5.75 Å². The third kappa shape index (κ3) is 4.19. The lowest BCUT2D eigenvalue weighted by Crippen LogP contribution is -2.35. The minimum atomic E-state index is -3.96. The van der Waals surface area contributed by atoms with Gasteiger partial charge >= 0.3 is 5.97 Å². The largest absolute Gasteiger partial charge is 0.872 e. The Bertz CT molecular complexity index is 751. The predicted octanol–water partition coefficient (Wildman–Crippen LogP) is 1.81. The number of phenolic OH excluding ortho intramolecular Hbond substituents is 1. The number of carboxylic acids is 1. The zero-order valence-corrected chi connectivity index (χ0v) is 14.9. The number of hydrogen-bond donors (Lipinski definition) is 2. The van der Waals surface area contributed by atoms with Crippen LogP contribution in [0.5, 0.6) is 11.5 Å². The Morgan fingerprint density at radius 1 is 1.20 bits per heavy atom. The molecular formula is C17H20O7P-. The van der Waals surface area contributed by atoms with Crippen molar-refractivity contribution in [2.45, 2.75) is 25.9 Å². The fourth-order valence-corrected chi connectivity index (χ4v) is 4.50. The monoisotopic (exact) mass is 367 g/mol. The van der Waals surface area contributed by atoms with Gasteiger partial charge in [0.15, 0.2) is 0 Å². The van der Waals surface area contributed by atoms with Crippen molar-refractivity contribution in [3.8, 4) is 11.5 Å². The number of rotatable bonds is 8. The van der Waals surface area contributed by atoms with Crippen LogP contribution >= 0.6 is 7.94 Å². The molecule has 136 valence electrons. The summed E-state index contributed by atoms with van der Waals surface area (Å²) in [7, 11) is -3.96. The van der Waals surface area contributed by atoms with Crippen molar-refractivity contribution >= 4 is 24.7 Å². The fraction of sp³-hybridized carbons (Fsp3) is 0.353. The summed E-state index contributed by atoms with van der Waals surface area (Å²) >= 11 is 0. The van der Waals surface area contributed by atoms with E-state index in [0.29, 0.717) is 10.8 Å². The first-order chi connectivity index (χ1) is 11.8. The van der Waals surface area contributed by atoms with Crippen molar-refractivity contribution in [3.05, 3.63) is 35.9 Å². The molecule has 1 unspecified atom stereocenters. The quantitative estimate of drug-likeness (QED) is 0.682. The van der Waals surface area contributed by atoms with E-state index in [9.17, 15) is 25.0 Å². The van der Waals surface area contributed by atoms with Gasteiger partial charge in [0, 0.05) is 6.42 Å². The van der Waals surface area contributed by atoms with Gasteiger partial charge in [0.2, 0.25) is 5.66 Å². The maximum Gasteiger partial charge on any atom is 0.350 e. The number of carboxylic acid groups (broad SMARTS) is 1. The maximum atomic E-state index is 12.9. The Hall–Kier alpha value is -1.92. The molecule has 2 rings (SSSR count). The lowest BCUT2D eigenvalue weighted by Gasteiger charge is -2.32. The molecule has 8 heteroatoms. The Labute approximate surface area is 146 Å². The van der Waals surface area contributed by atoms with Crippen molar-refractivity contribution in [1.29, 1.82) is 0 Å². The number of carbonyl (C=O) groups is 1. The van der Waals surface area contributed by atoms with Gasteiger partial charge in [-0.05, 0) is 42.3 Å². The van der Waals surface area contributed by atoms with Gasteiger partial charge in [0.25, 0.3) is 7.94 Å². The van der Waals surface area contributed by atoms with Crippen molar-refractivity contribution in [1.82, 2.24) is 0 Å². The molecular weight excluding hydrogens is 347 g/mol. The summed E-state index contributed by atoms with van der Waals surface area (Å²) in [5, 5.41) is 32.6. The Morgan fingerprint density at radius 2 is 1.80 bits per heavy atom. The molecule has 0 saturated carbocycles. The van der Waals surface area contributed by atoms with Crippen LogP contribution < -0.4 is 10.00 Å². The SMILES string of the molecule is CCO[P+]([O-])(OCC)C(Cc1c([O-])ccc2ccc(O)cc12)C(=O)O. The van der Waals surface area contributed by atoms with Gasteiger partial charge in [-0.25, -0.2) is 13.8 Å². The van der Waals surface area contributed by atoms with E-state index in [1.807, 2.05) is 0 Å². The van der Waals surface area contributed by atoms with E-state index in [4.69, 9.17) is 9.05 Å². The highest BCUT2D eigenvalue weighted by Gasteiger charge is 2.46. The average Bonchev–Trinajstić information content (AvgIpc) is 2.54. The second-order valence-electron chi connectivity index (χ2n) is 5.38. The number of fused-ring (bicyclic) bond motifs is 1. The normalized spacial score (nSPS) is 13.1. The number of phenols is 1. The molecule has 0 heterocycles. The van der Waals surface area contributed by atoms with E-state index in [2.05, 4.69) is 0 Å². The van der Waals surface area contributed by atoms with Crippen LogP contribution in [0.4, 0.5) is 0 Å². The first kappa shape index (κ1) is 19.4. The van der Waals surface area contributed by atoms with Crippen LogP contribution in [0.25, 0.3) is 10.8 Å². The molecule has 0 aliphatic carbocycles. The van der Waals surface area contributed by atoms with Gasteiger partial charge in [0.05, 0.1) is 13.2 Å². The topological polar surface area (TPSA) is 122 Å². The summed E-state index contributed by atoms with van der Waals surface area (Å²) in [5.74, 6) is -1.82. The number of aliphatic carboxylic acids is 1. The Kier molecular flexibility index (Phi) is 6.19. The smallest absolute Gasteiger partial charge is 0.350 e. The lowest BCUT2D eigenvalue weighted by molar-refractivity contribution is -0.269. The molecule has 0 radical (unpaired) electrons. The summed E-state index contributed by atoms with van der Waals surface area (Å²) in [6.45, 7) is 3.20. The zero-order valence-electron chi connectivity index (χ0n) is 14.0. The highest BCUT2D eigenvalue weighted by Crippen LogP contribution is 2.58. The molecule has 0 saturated heterocycles. The molecule has 0 spiro atoms. The van der Waals surface area contributed by atoms with Crippen LogP contribution in [0.3, 0.4) is 0 Å². The lowest BCUT2D eigenvalue weighted by atomic mass is 9.99. The summed E-state index contributed by atoms with van der Waals surface area (Å²) in [6, 6.07) is 7.38. The van der Waals surface area contributed by atoms with Crippen molar-refractivity contribution in [3.63, 3.8) is 0 Å². The van der Waals surface area contributed by atoms with Crippen LogP contribution in [0, 0.1) is 0 Å². The Balaban J connectivity index is 2.53. The van der Waals surface area contributed by atoms with E-state index in [1.165, 1.54) is 18.2 Å². The van der Waals surface area contributed by atoms with Crippen molar-refractivity contribution in [2.75, 3.05) is 13.2 Å². The summed E-state index contributed by atoms with van der Waals surface area (Å²) < 4.78 is 10.3.